The highest BCUT2D eigenvalue weighted by molar-refractivity contribution is 7.47. The SMILES string of the molecule is CC/C=C\C/C=C\C/C=C\C/C=C\C/C=C\C/C=C\C/C=C\C/C=C\C/C=C\C/C=C\C/C=C\C/C=C\CCCCCCC(=O)OC(COC(=O)CCCCCCC/C=C\C/C=C\CCC)COP(=O)(O)OCCN. The molecule has 0 aromatic rings. The zero-order valence-electron chi connectivity index (χ0n) is 46.7. The van der Waals surface area contributed by atoms with Crippen molar-refractivity contribution in [2.45, 2.75) is 200 Å². The van der Waals surface area contributed by atoms with Gasteiger partial charge in [0, 0.05) is 19.4 Å². The first kappa shape index (κ1) is 70.4. The summed E-state index contributed by atoms with van der Waals surface area (Å²) in [6, 6.07) is 0. The van der Waals surface area contributed by atoms with E-state index >= 15 is 0 Å². The summed E-state index contributed by atoms with van der Waals surface area (Å²) in [6.45, 7) is 3.47. The van der Waals surface area contributed by atoms with Crippen molar-refractivity contribution in [3.8, 4) is 0 Å². The summed E-state index contributed by atoms with van der Waals surface area (Å²) in [4.78, 5) is 35.0. The third-order valence-corrected chi connectivity index (χ3v) is 12.1. The average molecular weight is 1060 g/mol. The van der Waals surface area contributed by atoms with Crippen LogP contribution in [0.15, 0.2) is 170 Å². The van der Waals surface area contributed by atoms with E-state index in [0.717, 1.165) is 148 Å². The molecule has 2 unspecified atom stereocenters. The van der Waals surface area contributed by atoms with Crippen LogP contribution in [0, 0.1) is 0 Å². The van der Waals surface area contributed by atoms with Crippen molar-refractivity contribution in [3.05, 3.63) is 170 Å². The number of ether oxygens (including phenoxy) is 2. The topological polar surface area (TPSA) is 134 Å². The van der Waals surface area contributed by atoms with Gasteiger partial charge in [0.1, 0.15) is 6.61 Å². The number of carbonyl (C=O) groups is 2. The summed E-state index contributed by atoms with van der Waals surface area (Å²) in [5, 5.41) is 0. The molecule has 0 saturated carbocycles. The number of rotatable bonds is 51. The van der Waals surface area contributed by atoms with Crippen LogP contribution in [0.2, 0.25) is 0 Å². The van der Waals surface area contributed by atoms with Gasteiger partial charge in [0.2, 0.25) is 0 Å². The molecule has 0 aliphatic heterocycles. The maximum absolute atomic E-state index is 12.7. The number of carbonyl (C=O) groups excluding carboxylic acids is 2. The van der Waals surface area contributed by atoms with Gasteiger partial charge in [-0.3, -0.25) is 18.6 Å². The lowest BCUT2D eigenvalue weighted by atomic mass is 10.1. The molecule has 0 rings (SSSR count). The van der Waals surface area contributed by atoms with Crippen LogP contribution in [0.4, 0.5) is 0 Å². The Balaban J connectivity index is 4.07. The second-order valence-corrected chi connectivity index (χ2v) is 19.5. The Morgan fingerprint density at radius 2 is 0.733 bits per heavy atom. The summed E-state index contributed by atoms with van der Waals surface area (Å²) in [7, 11) is -4.41. The van der Waals surface area contributed by atoms with Gasteiger partial charge in [-0.1, -0.05) is 223 Å². The third kappa shape index (κ3) is 58.5. The number of esters is 2. The van der Waals surface area contributed by atoms with Crippen molar-refractivity contribution in [1.29, 1.82) is 0 Å². The van der Waals surface area contributed by atoms with Gasteiger partial charge in [-0.25, -0.2) is 4.57 Å². The fourth-order valence-electron chi connectivity index (χ4n) is 6.89. The molecule has 420 valence electrons. The largest absolute Gasteiger partial charge is 0.472 e. The summed E-state index contributed by atoms with van der Waals surface area (Å²) in [5.41, 5.74) is 5.36. The van der Waals surface area contributed by atoms with Crippen molar-refractivity contribution >= 4 is 19.8 Å². The van der Waals surface area contributed by atoms with Crippen LogP contribution in [-0.2, 0) is 32.7 Å². The smallest absolute Gasteiger partial charge is 0.462 e. The molecule has 0 spiro atoms. The van der Waals surface area contributed by atoms with Crippen LogP contribution in [0.25, 0.3) is 0 Å². The van der Waals surface area contributed by atoms with Crippen LogP contribution in [0.3, 0.4) is 0 Å². The molecular formula is C65H102NO8P. The highest BCUT2D eigenvalue weighted by Crippen LogP contribution is 2.43. The monoisotopic (exact) mass is 1060 g/mol. The standard InChI is InChI=1S/C65H102NO8P/c1-3-5-7-9-11-13-15-17-18-19-20-21-22-23-24-25-26-27-28-29-30-31-32-33-34-35-36-37-38-39-40-41-42-43-44-46-48-50-52-54-56-58-65(68)74-63(62-73-75(69,70)72-60-59-66)61-71-64(67)57-55-53-51-49-47-45-16-14-12-10-8-6-4-2/h5,7-8,10-11,13-14,16-18,20-21,23-24,26-27,29-30,32-33,35-36,38-39,41-42,44,46,63H,3-4,6,9,12,15,19,22,25,28,31,34,37,40,43,45,47-62,66H2,1-2H3,(H,69,70)/b7-5-,10-8-,13-11-,16-14-,18-17-,21-20-,24-23-,27-26-,30-29-,33-32-,36-35-,39-38-,42-41-,46-44-. The highest BCUT2D eigenvalue weighted by Gasteiger charge is 2.26. The number of allylic oxidation sites excluding steroid dienone is 28. The second-order valence-electron chi connectivity index (χ2n) is 18.1. The molecule has 2 atom stereocenters. The van der Waals surface area contributed by atoms with E-state index in [1.165, 1.54) is 6.42 Å². The molecule has 0 aliphatic rings. The highest BCUT2D eigenvalue weighted by atomic mass is 31.2. The third-order valence-electron chi connectivity index (χ3n) is 11.1. The lowest BCUT2D eigenvalue weighted by molar-refractivity contribution is -0.161. The number of hydrogen-bond donors (Lipinski definition) is 2. The van der Waals surface area contributed by atoms with Crippen molar-refractivity contribution in [3.63, 3.8) is 0 Å². The Kier molecular flexibility index (Phi) is 55.0. The van der Waals surface area contributed by atoms with Crippen LogP contribution in [0.5, 0.6) is 0 Å². The van der Waals surface area contributed by atoms with Gasteiger partial charge in [-0.15, -0.1) is 0 Å². The first-order valence-corrected chi connectivity index (χ1v) is 30.1. The zero-order valence-corrected chi connectivity index (χ0v) is 47.6. The first-order chi connectivity index (χ1) is 36.8. The molecule has 75 heavy (non-hydrogen) atoms. The molecule has 0 radical (unpaired) electrons. The van der Waals surface area contributed by atoms with Crippen LogP contribution in [0.1, 0.15) is 194 Å². The summed E-state index contributed by atoms with van der Waals surface area (Å²) in [5.74, 6) is -0.890. The molecule has 0 aromatic heterocycles. The molecule has 0 fully saturated rings. The van der Waals surface area contributed by atoms with Gasteiger partial charge in [0.05, 0.1) is 13.2 Å². The van der Waals surface area contributed by atoms with Gasteiger partial charge in [-0.05, 0) is 128 Å². The van der Waals surface area contributed by atoms with E-state index in [4.69, 9.17) is 24.3 Å². The Morgan fingerprint density at radius 3 is 1.09 bits per heavy atom. The number of hydrogen-bond acceptors (Lipinski definition) is 8. The zero-order chi connectivity index (χ0) is 54.5. The average Bonchev–Trinajstić information content (AvgIpc) is 3.40. The predicted octanol–water partition coefficient (Wildman–Crippen LogP) is 18.3. The second kappa shape index (κ2) is 58.6. The van der Waals surface area contributed by atoms with E-state index in [2.05, 4.69) is 184 Å². The first-order valence-electron chi connectivity index (χ1n) is 28.6. The van der Waals surface area contributed by atoms with E-state index < -0.39 is 32.5 Å². The molecule has 10 heteroatoms. The van der Waals surface area contributed by atoms with E-state index in [9.17, 15) is 19.0 Å². The van der Waals surface area contributed by atoms with Crippen molar-refractivity contribution in [2.75, 3.05) is 26.4 Å². The molecule has 0 aliphatic carbocycles. The van der Waals surface area contributed by atoms with Gasteiger partial charge < -0.3 is 20.1 Å². The van der Waals surface area contributed by atoms with Crippen LogP contribution < -0.4 is 5.73 Å². The van der Waals surface area contributed by atoms with Crippen molar-refractivity contribution < 1.29 is 37.6 Å². The fourth-order valence-corrected chi connectivity index (χ4v) is 7.65. The number of phosphoric ester groups is 1. The van der Waals surface area contributed by atoms with Crippen LogP contribution in [-0.4, -0.2) is 49.3 Å². The lowest BCUT2D eigenvalue weighted by Gasteiger charge is -2.19. The molecule has 0 bridgehead atoms. The normalized spacial score (nSPS) is 14.3. The summed E-state index contributed by atoms with van der Waals surface area (Å²) >= 11 is 0. The maximum atomic E-state index is 12.7. The van der Waals surface area contributed by atoms with Crippen molar-refractivity contribution in [1.82, 2.24) is 0 Å². The Morgan fingerprint density at radius 1 is 0.413 bits per heavy atom. The predicted molar refractivity (Wildman–Crippen MR) is 320 cm³/mol. The summed E-state index contributed by atoms with van der Waals surface area (Å²) in [6.07, 6.45) is 87.0. The Labute approximate surface area is 457 Å². The number of nitrogens with two attached hydrogens (primary N) is 1. The van der Waals surface area contributed by atoms with Crippen LogP contribution >= 0.6 is 7.82 Å². The molecule has 3 N–H and O–H groups in total. The molecule has 0 aromatic carbocycles. The van der Waals surface area contributed by atoms with E-state index in [1.807, 2.05) is 0 Å². The number of phosphoric acid groups is 1. The quantitative estimate of drug-likeness (QED) is 0.0264. The Bertz CT molecular complexity index is 1820. The molecule has 0 amide bonds. The number of unbranched alkanes of at least 4 members (excludes halogenated alkanes) is 10. The minimum absolute atomic E-state index is 0.0377. The molecule has 9 nitrogen and oxygen atoms in total. The van der Waals surface area contributed by atoms with Gasteiger partial charge in [0.15, 0.2) is 6.10 Å². The van der Waals surface area contributed by atoms with Gasteiger partial charge in [-0.2, -0.15) is 0 Å². The maximum Gasteiger partial charge on any atom is 0.472 e. The van der Waals surface area contributed by atoms with Crippen molar-refractivity contribution in [2.24, 2.45) is 5.73 Å². The lowest BCUT2D eigenvalue weighted by Crippen LogP contribution is -2.29. The fraction of sp³-hybridized carbons (Fsp3) is 0.538. The Hall–Kier alpha value is -4.63. The minimum atomic E-state index is -4.41. The van der Waals surface area contributed by atoms with Gasteiger partial charge >= 0.3 is 19.8 Å². The van der Waals surface area contributed by atoms with E-state index in [1.54, 1.807) is 0 Å². The molecule has 0 heterocycles. The minimum Gasteiger partial charge on any atom is -0.462 e. The van der Waals surface area contributed by atoms with E-state index in [-0.39, 0.29) is 32.6 Å². The van der Waals surface area contributed by atoms with E-state index in [0.29, 0.717) is 12.8 Å². The molecule has 0 saturated heterocycles. The van der Waals surface area contributed by atoms with Gasteiger partial charge in [0.25, 0.3) is 0 Å². The summed E-state index contributed by atoms with van der Waals surface area (Å²) < 4.78 is 32.9. The molecular weight excluding hydrogens is 954 g/mol.